The van der Waals surface area contributed by atoms with Gasteiger partial charge in [-0.05, 0) is 36.9 Å². The number of halogens is 1. The van der Waals surface area contributed by atoms with Crippen LogP contribution < -0.4 is 5.32 Å². The van der Waals surface area contributed by atoms with Crippen molar-refractivity contribution in [3.63, 3.8) is 0 Å². The predicted molar refractivity (Wildman–Crippen MR) is 85.6 cm³/mol. The molecule has 1 N–H and O–H groups in total. The first-order valence-electron chi connectivity index (χ1n) is 7.09. The number of benzene rings is 1. The lowest BCUT2D eigenvalue weighted by Gasteiger charge is -2.30. The van der Waals surface area contributed by atoms with E-state index in [1.54, 1.807) is 0 Å². The third kappa shape index (κ3) is 5.25. The maximum atomic E-state index is 5.71. The number of ether oxygens (including phenoxy) is 1. The van der Waals surface area contributed by atoms with Crippen LogP contribution in [0.1, 0.15) is 32.8 Å². The molecular weight excluding hydrogens is 302 g/mol. The Labute approximate surface area is 126 Å². The molecule has 1 rings (SSSR count). The van der Waals surface area contributed by atoms with E-state index in [2.05, 4.69) is 66.3 Å². The molecule has 0 fully saturated rings. The van der Waals surface area contributed by atoms with E-state index < -0.39 is 0 Å². The van der Waals surface area contributed by atoms with Crippen LogP contribution in [-0.2, 0) is 11.2 Å². The molecule has 0 aliphatic carbocycles. The highest BCUT2D eigenvalue weighted by Crippen LogP contribution is 2.21. The fourth-order valence-corrected chi connectivity index (χ4v) is 2.88. The average molecular weight is 328 g/mol. The summed E-state index contributed by atoms with van der Waals surface area (Å²) in [5.74, 6) is 0.502. The van der Waals surface area contributed by atoms with Gasteiger partial charge in [0.15, 0.2) is 0 Å². The fraction of sp³-hybridized carbons (Fsp3) is 0.625. The number of methoxy groups -OCH3 is 1. The van der Waals surface area contributed by atoms with Crippen molar-refractivity contribution in [1.29, 1.82) is 0 Å². The van der Waals surface area contributed by atoms with Gasteiger partial charge < -0.3 is 10.1 Å². The van der Waals surface area contributed by atoms with Gasteiger partial charge >= 0.3 is 0 Å². The molecule has 0 bridgehead atoms. The van der Waals surface area contributed by atoms with E-state index in [0.29, 0.717) is 12.0 Å². The summed E-state index contributed by atoms with van der Waals surface area (Å²) in [5, 5.41) is 3.63. The van der Waals surface area contributed by atoms with E-state index in [9.17, 15) is 0 Å². The van der Waals surface area contributed by atoms with Crippen LogP contribution in [0.25, 0.3) is 0 Å². The molecule has 1 aromatic carbocycles. The molecule has 0 heterocycles. The molecule has 0 aliphatic heterocycles. The van der Waals surface area contributed by atoms with Crippen LogP contribution in [0.2, 0.25) is 0 Å². The van der Waals surface area contributed by atoms with Gasteiger partial charge in [0.1, 0.15) is 0 Å². The van der Waals surface area contributed by atoms with Crippen molar-refractivity contribution in [3.05, 3.63) is 34.3 Å². The molecule has 2 nitrogen and oxygen atoms in total. The van der Waals surface area contributed by atoms with E-state index in [-0.39, 0.29) is 6.10 Å². The molecular formula is C16H26BrNO. The summed E-state index contributed by atoms with van der Waals surface area (Å²) in [5.41, 5.74) is 1.33. The lowest BCUT2D eigenvalue weighted by molar-refractivity contribution is 0.0332. The van der Waals surface area contributed by atoms with Crippen molar-refractivity contribution in [2.75, 3.05) is 13.7 Å². The average Bonchev–Trinajstić information content (AvgIpc) is 2.38. The van der Waals surface area contributed by atoms with Gasteiger partial charge in [-0.15, -0.1) is 0 Å². The summed E-state index contributed by atoms with van der Waals surface area (Å²) in [7, 11) is 1.81. The smallest absolute Gasteiger partial charge is 0.0750 e. The molecule has 2 unspecified atom stereocenters. The standard InChI is InChI=1S/C16H26BrNO/c1-5-10-18-15(16(19-4)12(2)3)11-13-8-6-7-9-14(13)17/h6-9,12,15-16,18H,5,10-11H2,1-4H3. The quantitative estimate of drug-likeness (QED) is 0.778. The van der Waals surface area contributed by atoms with Crippen molar-refractivity contribution < 1.29 is 4.74 Å². The molecule has 0 amide bonds. The Hall–Kier alpha value is -0.380. The summed E-state index contributed by atoms with van der Waals surface area (Å²) in [6, 6.07) is 8.77. The second kappa shape index (κ2) is 8.72. The highest BCUT2D eigenvalue weighted by Gasteiger charge is 2.24. The molecule has 3 heteroatoms. The van der Waals surface area contributed by atoms with Crippen LogP contribution in [0.15, 0.2) is 28.7 Å². The Morgan fingerprint density at radius 2 is 1.95 bits per heavy atom. The molecule has 0 aromatic heterocycles. The van der Waals surface area contributed by atoms with Gasteiger partial charge in [-0.2, -0.15) is 0 Å². The zero-order valence-electron chi connectivity index (χ0n) is 12.4. The number of rotatable bonds is 8. The van der Waals surface area contributed by atoms with Crippen molar-refractivity contribution >= 4 is 15.9 Å². The lowest BCUT2D eigenvalue weighted by atomic mass is 9.93. The Morgan fingerprint density at radius 1 is 1.26 bits per heavy atom. The van der Waals surface area contributed by atoms with Gasteiger partial charge in [0.25, 0.3) is 0 Å². The molecule has 0 spiro atoms. The first-order chi connectivity index (χ1) is 9.10. The second-order valence-electron chi connectivity index (χ2n) is 5.30. The van der Waals surface area contributed by atoms with Gasteiger partial charge in [-0.25, -0.2) is 0 Å². The molecule has 0 radical (unpaired) electrons. The summed E-state index contributed by atoms with van der Waals surface area (Å²) < 4.78 is 6.88. The van der Waals surface area contributed by atoms with E-state index >= 15 is 0 Å². The summed E-state index contributed by atoms with van der Waals surface area (Å²) >= 11 is 3.63. The zero-order valence-corrected chi connectivity index (χ0v) is 14.0. The van der Waals surface area contributed by atoms with Gasteiger partial charge in [-0.3, -0.25) is 0 Å². The summed E-state index contributed by atoms with van der Waals surface area (Å²) in [6.45, 7) is 7.66. The molecule has 1 aromatic rings. The summed E-state index contributed by atoms with van der Waals surface area (Å²) in [4.78, 5) is 0. The highest BCUT2D eigenvalue weighted by molar-refractivity contribution is 9.10. The van der Waals surface area contributed by atoms with E-state index in [0.717, 1.165) is 19.4 Å². The zero-order chi connectivity index (χ0) is 14.3. The third-order valence-corrected chi connectivity index (χ3v) is 4.15. The van der Waals surface area contributed by atoms with Crippen molar-refractivity contribution in [2.24, 2.45) is 5.92 Å². The van der Waals surface area contributed by atoms with Crippen molar-refractivity contribution in [1.82, 2.24) is 5.32 Å². The number of nitrogens with one attached hydrogen (secondary N) is 1. The van der Waals surface area contributed by atoms with E-state index in [1.165, 1.54) is 10.0 Å². The summed E-state index contributed by atoms with van der Waals surface area (Å²) in [6.07, 6.45) is 2.36. The highest BCUT2D eigenvalue weighted by atomic mass is 79.9. The molecule has 0 aliphatic rings. The van der Waals surface area contributed by atoms with E-state index in [4.69, 9.17) is 4.74 Å². The predicted octanol–water partition coefficient (Wildman–Crippen LogP) is 4.03. The van der Waals surface area contributed by atoms with Crippen LogP contribution in [0.4, 0.5) is 0 Å². The van der Waals surface area contributed by atoms with Crippen LogP contribution in [-0.4, -0.2) is 25.8 Å². The first-order valence-corrected chi connectivity index (χ1v) is 7.89. The van der Waals surface area contributed by atoms with Gasteiger partial charge in [0.2, 0.25) is 0 Å². The van der Waals surface area contributed by atoms with Gasteiger partial charge in [0.05, 0.1) is 6.10 Å². The largest absolute Gasteiger partial charge is 0.380 e. The first kappa shape index (κ1) is 16.7. The third-order valence-electron chi connectivity index (χ3n) is 3.38. The Morgan fingerprint density at radius 3 is 2.47 bits per heavy atom. The Bertz CT molecular complexity index is 368. The van der Waals surface area contributed by atoms with Gasteiger partial charge in [-0.1, -0.05) is 54.9 Å². The Balaban J connectivity index is 2.82. The van der Waals surface area contributed by atoms with E-state index in [1.807, 2.05) is 7.11 Å². The molecule has 19 heavy (non-hydrogen) atoms. The molecule has 0 saturated heterocycles. The number of hydrogen-bond acceptors (Lipinski definition) is 2. The molecule has 0 saturated carbocycles. The van der Waals surface area contributed by atoms with Crippen molar-refractivity contribution in [3.8, 4) is 0 Å². The van der Waals surface area contributed by atoms with Gasteiger partial charge in [0, 0.05) is 17.6 Å². The van der Waals surface area contributed by atoms with Crippen LogP contribution >= 0.6 is 15.9 Å². The lowest BCUT2D eigenvalue weighted by Crippen LogP contribution is -2.45. The molecule has 2 atom stereocenters. The minimum atomic E-state index is 0.235. The maximum Gasteiger partial charge on any atom is 0.0750 e. The van der Waals surface area contributed by atoms with Crippen LogP contribution in [0.5, 0.6) is 0 Å². The number of hydrogen-bond donors (Lipinski definition) is 1. The fourth-order valence-electron chi connectivity index (χ4n) is 2.44. The second-order valence-corrected chi connectivity index (χ2v) is 6.15. The Kier molecular flexibility index (Phi) is 7.66. The monoisotopic (exact) mass is 327 g/mol. The topological polar surface area (TPSA) is 21.3 Å². The minimum Gasteiger partial charge on any atom is -0.380 e. The minimum absolute atomic E-state index is 0.235. The normalized spacial score (nSPS) is 14.6. The van der Waals surface area contributed by atoms with Crippen molar-refractivity contribution in [2.45, 2.75) is 45.8 Å². The van der Waals surface area contributed by atoms with Crippen LogP contribution in [0.3, 0.4) is 0 Å². The molecule has 108 valence electrons. The maximum absolute atomic E-state index is 5.71. The SMILES string of the molecule is CCCNC(Cc1ccccc1Br)C(OC)C(C)C. The van der Waals surface area contributed by atoms with Crippen LogP contribution in [0, 0.1) is 5.92 Å².